The van der Waals surface area contributed by atoms with Gasteiger partial charge in [-0.15, -0.1) is 0 Å². The Balaban J connectivity index is 2.41. The molecule has 66 valence electrons. The monoisotopic (exact) mass is 164 g/mol. The van der Waals surface area contributed by atoms with Crippen molar-refractivity contribution in [2.45, 2.75) is 32.6 Å². The minimum Gasteiger partial charge on any atom is -0.290 e. The molecule has 0 N–H and O–H groups in total. The molecule has 1 heteroatoms. The van der Waals surface area contributed by atoms with Crippen molar-refractivity contribution in [2.75, 3.05) is 0 Å². The molecule has 0 spiro atoms. The van der Waals surface area contributed by atoms with Gasteiger partial charge in [0.15, 0.2) is 5.78 Å². The Hall–Kier alpha value is -0.850. The van der Waals surface area contributed by atoms with Crippen molar-refractivity contribution in [3.8, 4) is 0 Å². The maximum absolute atomic E-state index is 10.9. The lowest BCUT2D eigenvalue weighted by Crippen LogP contribution is -1.93. The minimum absolute atomic E-state index is 0.133. The molecule has 12 heavy (non-hydrogen) atoms. The zero-order valence-corrected chi connectivity index (χ0v) is 7.62. The number of unbranched alkanes of at least 4 members (excludes halogenated alkanes) is 1. The quantitative estimate of drug-likeness (QED) is 0.626. The van der Waals surface area contributed by atoms with Gasteiger partial charge in [-0.25, -0.2) is 0 Å². The van der Waals surface area contributed by atoms with Crippen LogP contribution in [0.25, 0.3) is 0 Å². The van der Waals surface area contributed by atoms with Crippen LogP contribution in [0.1, 0.15) is 32.6 Å². The maximum atomic E-state index is 10.9. The third-order valence-corrected chi connectivity index (χ3v) is 2.18. The first-order chi connectivity index (χ1) is 5.83. The molecular formula is C11H16O. The van der Waals surface area contributed by atoms with E-state index >= 15 is 0 Å². The molecule has 0 fully saturated rings. The van der Waals surface area contributed by atoms with Crippen LogP contribution in [0, 0.1) is 5.92 Å². The van der Waals surface area contributed by atoms with Crippen LogP contribution in [0.15, 0.2) is 24.3 Å². The Morgan fingerprint density at radius 1 is 1.50 bits per heavy atom. The number of allylic oxidation sites excluding steroid dienone is 4. The van der Waals surface area contributed by atoms with E-state index in [9.17, 15) is 4.79 Å². The molecule has 1 rings (SSSR count). The summed E-state index contributed by atoms with van der Waals surface area (Å²) >= 11 is 0. The van der Waals surface area contributed by atoms with Gasteiger partial charge in [-0.05, 0) is 30.9 Å². The third kappa shape index (κ3) is 3.04. The van der Waals surface area contributed by atoms with Gasteiger partial charge in [0.2, 0.25) is 0 Å². The number of ketones is 1. The number of carbonyl (C=O) groups is 1. The standard InChI is InChI=1S/C11H16O/c1-2-3-5-10-6-4-7-11(12)9-8-10/h4,7-10H,2-3,5-6H2,1H3/t10-/m0/s1. The molecule has 0 saturated carbocycles. The molecule has 1 aliphatic rings. The first-order valence-corrected chi connectivity index (χ1v) is 4.71. The summed E-state index contributed by atoms with van der Waals surface area (Å²) in [7, 11) is 0. The van der Waals surface area contributed by atoms with Crippen molar-refractivity contribution in [3.63, 3.8) is 0 Å². The molecule has 1 nitrogen and oxygen atoms in total. The second kappa shape index (κ2) is 4.91. The SMILES string of the molecule is CCCC[C@@H]1C=CC(=O)C=CC1. The van der Waals surface area contributed by atoms with E-state index in [1.54, 1.807) is 12.2 Å². The van der Waals surface area contributed by atoms with E-state index in [0.717, 1.165) is 6.42 Å². The molecular weight excluding hydrogens is 148 g/mol. The summed E-state index contributed by atoms with van der Waals surface area (Å²) in [5.74, 6) is 0.724. The van der Waals surface area contributed by atoms with E-state index in [4.69, 9.17) is 0 Å². The summed E-state index contributed by atoms with van der Waals surface area (Å²) in [4.78, 5) is 10.9. The first kappa shape index (κ1) is 9.24. The average Bonchev–Trinajstić information content (AvgIpc) is 2.27. The van der Waals surface area contributed by atoms with Gasteiger partial charge in [-0.2, -0.15) is 0 Å². The number of hydrogen-bond acceptors (Lipinski definition) is 1. The second-order valence-electron chi connectivity index (χ2n) is 3.30. The Bertz CT molecular complexity index is 201. The molecule has 1 aliphatic carbocycles. The fourth-order valence-corrected chi connectivity index (χ4v) is 1.40. The van der Waals surface area contributed by atoms with Gasteiger partial charge in [0.05, 0.1) is 0 Å². The van der Waals surface area contributed by atoms with E-state index in [1.165, 1.54) is 19.3 Å². The molecule has 0 bridgehead atoms. The molecule has 0 saturated heterocycles. The Labute approximate surface area is 74.2 Å². The van der Waals surface area contributed by atoms with E-state index in [0.29, 0.717) is 5.92 Å². The van der Waals surface area contributed by atoms with E-state index in [1.807, 2.05) is 6.08 Å². The highest BCUT2D eigenvalue weighted by Crippen LogP contribution is 2.16. The van der Waals surface area contributed by atoms with Gasteiger partial charge < -0.3 is 0 Å². The Morgan fingerprint density at radius 3 is 3.08 bits per heavy atom. The summed E-state index contributed by atoms with van der Waals surface area (Å²) in [6.45, 7) is 2.20. The summed E-state index contributed by atoms with van der Waals surface area (Å²) < 4.78 is 0. The molecule has 0 amide bonds. The molecule has 0 aromatic heterocycles. The number of rotatable bonds is 3. The van der Waals surface area contributed by atoms with Crippen molar-refractivity contribution < 1.29 is 4.79 Å². The fourth-order valence-electron chi connectivity index (χ4n) is 1.40. The highest BCUT2D eigenvalue weighted by atomic mass is 16.1. The van der Waals surface area contributed by atoms with E-state index < -0.39 is 0 Å². The minimum atomic E-state index is 0.133. The third-order valence-electron chi connectivity index (χ3n) is 2.18. The topological polar surface area (TPSA) is 17.1 Å². The highest BCUT2D eigenvalue weighted by Gasteiger charge is 2.05. The average molecular weight is 164 g/mol. The predicted molar refractivity (Wildman–Crippen MR) is 50.9 cm³/mol. The molecule has 0 aliphatic heterocycles. The maximum Gasteiger partial charge on any atom is 0.178 e. The second-order valence-corrected chi connectivity index (χ2v) is 3.30. The normalized spacial score (nSPS) is 22.8. The van der Waals surface area contributed by atoms with Crippen LogP contribution in [0.4, 0.5) is 0 Å². The molecule has 1 atom stereocenters. The largest absolute Gasteiger partial charge is 0.290 e. The van der Waals surface area contributed by atoms with E-state index in [2.05, 4.69) is 13.0 Å². The van der Waals surface area contributed by atoms with Crippen LogP contribution in [0.3, 0.4) is 0 Å². The van der Waals surface area contributed by atoms with Crippen LogP contribution in [-0.2, 0) is 4.79 Å². The van der Waals surface area contributed by atoms with Gasteiger partial charge in [-0.1, -0.05) is 31.9 Å². The number of carbonyl (C=O) groups excluding carboxylic acids is 1. The van der Waals surface area contributed by atoms with Crippen LogP contribution >= 0.6 is 0 Å². The summed E-state index contributed by atoms with van der Waals surface area (Å²) in [5.41, 5.74) is 0. The van der Waals surface area contributed by atoms with Gasteiger partial charge in [-0.3, -0.25) is 4.79 Å². The van der Waals surface area contributed by atoms with Crippen molar-refractivity contribution in [1.82, 2.24) is 0 Å². The van der Waals surface area contributed by atoms with Gasteiger partial charge in [0.25, 0.3) is 0 Å². The van der Waals surface area contributed by atoms with Gasteiger partial charge >= 0.3 is 0 Å². The summed E-state index contributed by atoms with van der Waals surface area (Å²) in [6.07, 6.45) is 12.2. The molecule has 0 radical (unpaired) electrons. The predicted octanol–water partition coefficient (Wildman–Crippen LogP) is 2.88. The van der Waals surface area contributed by atoms with Crippen LogP contribution < -0.4 is 0 Å². The van der Waals surface area contributed by atoms with Crippen molar-refractivity contribution in [2.24, 2.45) is 5.92 Å². The lowest BCUT2D eigenvalue weighted by atomic mass is 9.99. The zero-order valence-electron chi connectivity index (χ0n) is 7.62. The summed E-state index contributed by atoms with van der Waals surface area (Å²) in [6, 6.07) is 0. The van der Waals surface area contributed by atoms with E-state index in [-0.39, 0.29) is 5.78 Å². The first-order valence-electron chi connectivity index (χ1n) is 4.71. The lowest BCUT2D eigenvalue weighted by molar-refractivity contribution is -0.110. The van der Waals surface area contributed by atoms with Crippen LogP contribution in [-0.4, -0.2) is 5.78 Å². The molecule has 0 unspecified atom stereocenters. The van der Waals surface area contributed by atoms with Gasteiger partial charge in [0.1, 0.15) is 0 Å². The Kier molecular flexibility index (Phi) is 3.78. The fraction of sp³-hybridized carbons (Fsp3) is 0.545. The van der Waals surface area contributed by atoms with Gasteiger partial charge in [0, 0.05) is 0 Å². The molecule has 0 aromatic rings. The van der Waals surface area contributed by atoms with Crippen molar-refractivity contribution in [1.29, 1.82) is 0 Å². The van der Waals surface area contributed by atoms with Crippen LogP contribution in [0.5, 0.6) is 0 Å². The Morgan fingerprint density at radius 2 is 2.33 bits per heavy atom. The summed E-state index contributed by atoms with van der Waals surface area (Å²) in [5, 5.41) is 0. The lowest BCUT2D eigenvalue weighted by Gasteiger charge is -2.06. The number of hydrogen-bond donors (Lipinski definition) is 0. The van der Waals surface area contributed by atoms with Crippen LogP contribution in [0.2, 0.25) is 0 Å². The van der Waals surface area contributed by atoms with Crippen molar-refractivity contribution in [3.05, 3.63) is 24.3 Å². The molecule has 0 heterocycles. The zero-order chi connectivity index (χ0) is 8.81. The smallest absolute Gasteiger partial charge is 0.178 e. The van der Waals surface area contributed by atoms with Crippen molar-refractivity contribution >= 4 is 5.78 Å². The highest BCUT2D eigenvalue weighted by molar-refractivity contribution is 5.99. The molecule has 0 aromatic carbocycles.